The van der Waals surface area contributed by atoms with Crippen molar-refractivity contribution in [1.29, 1.82) is 0 Å². The number of hydrogen-bond acceptors (Lipinski definition) is 6. The molecule has 0 aliphatic heterocycles. The highest BCUT2D eigenvalue weighted by molar-refractivity contribution is 5.84. The van der Waals surface area contributed by atoms with Gasteiger partial charge < -0.3 is 30.3 Å². The average molecular weight is 605 g/mol. The fourth-order valence-corrected chi connectivity index (χ4v) is 5.31. The molecule has 0 saturated heterocycles. The molecular formula is C34H34F2N2O6. The average Bonchev–Trinajstić information content (AvgIpc) is 2.98. The Balaban J connectivity index is 1.73. The summed E-state index contributed by atoms with van der Waals surface area (Å²) in [6.07, 6.45) is 0. The third-order valence-corrected chi connectivity index (χ3v) is 7.48. The van der Waals surface area contributed by atoms with Crippen molar-refractivity contribution in [3.63, 3.8) is 0 Å². The quantitative estimate of drug-likeness (QED) is 0.148. The highest BCUT2D eigenvalue weighted by atomic mass is 19.1. The predicted octanol–water partition coefficient (Wildman–Crippen LogP) is 5.95. The molecule has 4 N–H and O–H groups in total. The molecule has 0 saturated carbocycles. The number of halogens is 2. The lowest BCUT2D eigenvalue weighted by Crippen LogP contribution is -2.22. The van der Waals surface area contributed by atoms with Crippen LogP contribution in [0.15, 0.2) is 60.7 Å². The summed E-state index contributed by atoms with van der Waals surface area (Å²) in [6, 6.07) is 17.8. The lowest BCUT2D eigenvalue weighted by atomic mass is 9.87. The zero-order chi connectivity index (χ0) is 32.0. The fourth-order valence-electron chi connectivity index (χ4n) is 5.31. The van der Waals surface area contributed by atoms with E-state index in [-0.39, 0.29) is 37.3 Å². The second-order valence-electron chi connectivity index (χ2n) is 10.2. The maximum Gasteiger partial charge on any atom is 0.317 e. The van der Waals surface area contributed by atoms with Gasteiger partial charge in [-0.2, -0.15) is 0 Å². The van der Waals surface area contributed by atoms with E-state index >= 15 is 8.78 Å². The van der Waals surface area contributed by atoms with Crippen LogP contribution in [-0.4, -0.2) is 49.5 Å². The molecule has 0 amide bonds. The number of carboxylic acids is 2. The number of rotatable bonds is 13. The van der Waals surface area contributed by atoms with Crippen LogP contribution in [0.5, 0.6) is 11.5 Å². The van der Waals surface area contributed by atoms with Crippen molar-refractivity contribution in [2.75, 3.05) is 27.3 Å². The van der Waals surface area contributed by atoms with E-state index in [2.05, 4.69) is 10.6 Å². The van der Waals surface area contributed by atoms with Gasteiger partial charge in [-0.1, -0.05) is 36.4 Å². The minimum atomic E-state index is -1.04. The van der Waals surface area contributed by atoms with Gasteiger partial charge >= 0.3 is 11.9 Å². The summed E-state index contributed by atoms with van der Waals surface area (Å²) >= 11 is 0. The standard InChI is InChI=1S/C34H34F2N2O6/c1-19-23(21-11-29(35)27(31(13-21)43-3)15-37-17-33(39)40)7-5-9-25(19)26-10-6-8-24(20(26)2)22-12-30(36)28(32(14-22)44-4)16-38-18-34(41)42/h5-14,37-38H,15-18H2,1-4H3,(H,39,40)(H,41,42). The minimum absolute atomic E-state index is 0.00218. The van der Waals surface area contributed by atoms with Crippen molar-refractivity contribution in [2.45, 2.75) is 26.9 Å². The number of carboxylic acid groups (broad SMARTS) is 2. The van der Waals surface area contributed by atoms with E-state index in [0.29, 0.717) is 22.6 Å². The van der Waals surface area contributed by atoms with E-state index in [1.54, 1.807) is 12.1 Å². The molecule has 4 aromatic rings. The molecule has 0 aromatic heterocycles. The molecular weight excluding hydrogens is 570 g/mol. The topological polar surface area (TPSA) is 117 Å². The molecule has 8 nitrogen and oxygen atoms in total. The summed E-state index contributed by atoms with van der Waals surface area (Å²) in [5, 5.41) is 23.2. The lowest BCUT2D eigenvalue weighted by molar-refractivity contribution is -0.137. The summed E-state index contributed by atoms with van der Waals surface area (Å²) in [5.74, 6) is -2.51. The molecule has 0 unspecified atom stereocenters. The van der Waals surface area contributed by atoms with E-state index in [1.165, 1.54) is 26.4 Å². The van der Waals surface area contributed by atoms with Crippen molar-refractivity contribution in [1.82, 2.24) is 10.6 Å². The van der Waals surface area contributed by atoms with Crippen LogP contribution < -0.4 is 20.1 Å². The number of nitrogens with one attached hydrogen (secondary N) is 2. The van der Waals surface area contributed by atoms with Gasteiger partial charge in [0.25, 0.3) is 0 Å². The van der Waals surface area contributed by atoms with Gasteiger partial charge in [-0.05, 0) is 82.6 Å². The lowest BCUT2D eigenvalue weighted by Gasteiger charge is -2.18. The smallest absolute Gasteiger partial charge is 0.317 e. The van der Waals surface area contributed by atoms with Gasteiger partial charge in [-0.15, -0.1) is 0 Å². The van der Waals surface area contributed by atoms with Gasteiger partial charge in [-0.3, -0.25) is 9.59 Å². The van der Waals surface area contributed by atoms with Crippen LogP contribution in [0.4, 0.5) is 8.78 Å². The number of hydrogen-bond donors (Lipinski definition) is 4. The Bertz CT molecular complexity index is 1580. The molecule has 44 heavy (non-hydrogen) atoms. The third-order valence-electron chi connectivity index (χ3n) is 7.48. The van der Waals surface area contributed by atoms with E-state index in [9.17, 15) is 9.59 Å². The van der Waals surface area contributed by atoms with Crippen LogP contribution in [0.2, 0.25) is 0 Å². The van der Waals surface area contributed by atoms with Crippen LogP contribution in [0, 0.1) is 25.5 Å². The Morgan fingerprint density at radius 2 is 1.02 bits per heavy atom. The number of aliphatic carboxylic acids is 2. The molecule has 230 valence electrons. The van der Waals surface area contributed by atoms with Crippen LogP contribution in [-0.2, 0) is 22.7 Å². The second-order valence-corrected chi connectivity index (χ2v) is 10.2. The normalized spacial score (nSPS) is 11.0. The Hall–Kier alpha value is -4.80. The summed E-state index contributed by atoms with van der Waals surface area (Å²) in [4.78, 5) is 21.7. The molecule has 0 fully saturated rings. The van der Waals surface area contributed by atoms with E-state index in [0.717, 1.165) is 33.4 Å². The van der Waals surface area contributed by atoms with Crippen molar-refractivity contribution in [3.8, 4) is 44.9 Å². The van der Waals surface area contributed by atoms with E-state index in [1.807, 2.05) is 50.2 Å². The second kappa shape index (κ2) is 14.1. The highest BCUT2D eigenvalue weighted by Gasteiger charge is 2.19. The number of benzene rings is 4. The van der Waals surface area contributed by atoms with Crippen LogP contribution in [0.25, 0.3) is 33.4 Å². The molecule has 4 rings (SSSR count). The van der Waals surface area contributed by atoms with Gasteiger partial charge in [0.05, 0.1) is 27.3 Å². The maximum atomic E-state index is 15.3. The molecule has 0 atom stereocenters. The van der Waals surface area contributed by atoms with Crippen LogP contribution >= 0.6 is 0 Å². The predicted molar refractivity (Wildman–Crippen MR) is 164 cm³/mol. The van der Waals surface area contributed by atoms with Gasteiger partial charge in [0, 0.05) is 24.2 Å². The van der Waals surface area contributed by atoms with Crippen molar-refractivity contribution >= 4 is 11.9 Å². The van der Waals surface area contributed by atoms with Crippen molar-refractivity contribution < 1.29 is 38.1 Å². The fraction of sp³-hybridized carbons (Fsp3) is 0.235. The largest absolute Gasteiger partial charge is 0.496 e. The van der Waals surface area contributed by atoms with Crippen LogP contribution in [0.3, 0.4) is 0 Å². The first-order chi connectivity index (χ1) is 21.0. The number of carbonyl (C=O) groups is 2. The van der Waals surface area contributed by atoms with Crippen LogP contribution in [0.1, 0.15) is 22.3 Å². The van der Waals surface area contributed by atoms with Gasteiger partial charge in [0.1, 0.15) is 23.1 Å². The maximum absolute atomic E-state index is 15.3. The summed E-state index contributed by atoms with van der Waals surface area (Å²) < 4.78 is 41.4. The molecule has 10 heteroatoms. The third kappa shape index (κ3) is 7.04. The van der Waals surface area contributed by atoms with Crippen molar-refractivity contribution in [3.05, 3.63) is 94.6 Å². The summed E-state index contributed by atoms with van der Waals surface area (Å²) in [7, 11) is 2.88. The minimum Gasteiger partial charge on any atom is -0.496 e. The first-order valence-electron chi connectivity index (χ1n) is 13.8. The molecule has 0 bridgehead atoms. The molecule has 0 aliphatic carbocycles. The van der Waals surface area contributed by atoms with Gasteiger partial charge in [0.15, 0.2) is 0 Å². The highest BCUT2D eigenvalue weighted by Crippen LogP contribution is 2.39. The van der Waals surface area contributed by atoms with Gasteiger partial charge in [-0.25, -0.2) is 8.78 Å². The monoisotopic (exact) mass is 604 g/mol. The zero-order valence-corrected chi connectivity index (χ0v) is 24.9. The Labute approximate surface area is 254 Å². The first-order valence-corrected chi connectivity index (χ1v) is 13.8. The van der Waals surface area contributed by atoms with E-state index < -0.39 is 23.6 Å². The Morgan fingerprint density at radius 1 is 0.659 bits per heavy atom. The zero-order valence-electron chi connectivity index (χ0n) is 24.9. The summed E-state index contributed by atoms with van der Waals surface area (Å²) in [5.41, 5.74) is 6.89. The summed E-state index contributed by atoms with van der Waals surface area (Å²) in [6.45, 7) is 3.28. The molecule has 0 heterocycles. The number of methoxy groups -OCH3 is 2. The van der Waals surface area contributed by atoms with Crippen molar-refractivity contribution in [2.24, 2.45) is 0 Å². The SMILES string of the molecule is COc1cc(-c2cccc(-c3cccc(-c4cc(F)c(CNCC(=O)O)c(OC)c4)c3C)c2C)cc(F)c1CNCC(=O)O. The molecule has 0 radical (unpaired) electrons. The number of ether oxygens (including phenoxy) is 2. The molecule has 4 aromatic carbocycles. The molecule has 0 aliphatic rings. The van der Waals surface area contributed by atoms with E-state index in [4.69, 9.17) is 19.7 Å². The molecule has 0 spiro atoms. The first kappa shape index (κ1) is 32.1. The Morgan fingerprint density at radius 3 is 1.36 bits per heavy atom. The van der Waals surface area contributed by atoms with Gasteiger partial charge in [0.2, 0.25) is 0 Å². The Kier molecular flexibility index (Phi) is 10.3.